The number of carbonyl (C=O) groups is 1. The van der Waals surface area contributed by atoms with E-state index in [1.165, 1.54) is 19.2 Å². The molecule has 1 rings (SSSR count). The van der Waals surface area contributed by atoms with Crippen LogP contribution < -0.4 is 4.74 Å². The zero-order valence-corrected chi connectivity index (χ0v) is 9.86. The SMILES string of the molecule is COc1c(C)cc(C(=O)C(F)(F)Cl)cc1C. The predicted octanol–water partition coefficient (Wildman–Crippen LogP) is 3.33. The molecular formula is C11H11ClF2O2. The summed E-state index contributed by atoms with van der Waals surface area (Å²) in [6.07, 6.45) is 0. The average molecular weight is 249 g/mol. The highest BCUT2D eigenvalue weighted by atomic mass is 35.5. The number of methoxy groups -OCH3 is 1. The van der Waals surface area contributed by atoms with Crippen LogP contribution in [0.2, 0.25) is 0 Å². The molecule has 5 heteroatoms. The third-order valence-electron chi connectivity index (χ3n) is 2.18. The summed E-state index contributed by atoms with van der Waals surface area (Å²) in [6.45, 7) is 3.35. The Morgan fingerprint density at radius 1 is 1.31 bits per heavy atom. The van der Waals surface area contributed by atoms with Crippen molar-refractivity contribution in [1.29, 1.82) is 0 Å². The van der Waals surface area contributed by atoms with Gasteiger partial charge in [0.25, 0.3) is 0 Å². The van der Waals surface area contributed by atoms with E-state index in [1.54, 1.807) is 13.8 Å². The van der Waals surface area contributed by atoms with Crippen molar-refractivity contribution in [2.24, 2.45) is 0 Å². The Bertz CT molecular complexity index is 401. The van der Waals surface area contributed by atoms with Gasteiger partial charge in [0.05, 0.1) is 7.11 Å². The quantitative estimate of drug-likeness (QED) is 0.606. The van der Waals surface area contributed by atoms with Gasteiger partial charge in [0, 0.05) is 5.56 Å². The van der Waals surface area contributed by atoms with E-state index in [0.29, 0.717) is 16.9 Å². The summed E-state index contributed by atoms with van der Waals surface area (Å²) in [5, 5.41) is -3.87. The van der Waals surface area contributed by atoms with Gasteiger partial charge in [-0.15, -0.1) is 0 Å². The van der Waals surface area contributed by atoms with E-state index in [-0.39, 0.29) is 5.56 Å². The number of halogens is 3. The van der Waals surface area contributed by atoms with Crippen molar-refractivity contribution in [2.45, 2.75) is 19.2 Å². The fourth-order valence-corrected chi connectivity index (χ4v) is 1.68. The van der Waals surface area contributed by atoms with Crippen LogP contribution in [0.5, 0.6) is 5.75 Å². The van der Waals surface area contributed by atoms with Crippen molar-refractivity contribution >= 4 is 17.4 Å². The van der Waals surface area contributed by atoms with E-state index >= 15 is 0 Å². The predicted molar refractivity (Wildman–Crippen MR) is 57.6 cm³/mol. The number of Topliss-reactive ketones (excluding diaryl/α,β-unsaturated/α-hetero) is 1. The molecule has 0 saturated carbocycles. The van der Waals surface area contributed by atoms with E-state index < -0.39 is 11.2 Å². The Labute approximate surface area is 97.2 Å². The van der Waals surface area contributed by atoms with Crippen LogP contribution in [0.4, 0.5) is 8.78 Å². The molecule has 0 fully saturated rings. The minimum Gasteiger partial charge on any atom is -0.496 e. The second-order valence-corrected chi connectivity index (χ2v) is 3.94. The van der Waals surface area contributed by atoms with Crippen LogP contribution in [-0.2, 0) is 0 Å². The molecule has 1 aromatic carbocycles. The largest absolute Gasteiger partial charge is 0.496 e. The minimum absolute atomic E-state index is 0.115. The van der Waals surface area contributed by atoms with E-state index in [1.807, 2.05) is 0 Å². The molecule has 0 atom stereocenters. The third kappa shape index (κ3) is 2.50. The zero-order chi connectivity index (χ0) is 12.5. The molecule has 0 aliphatic heterocycles. The second kappa shape index (κ2) is 4.37. The van der Waals surface area contributed by atoms with Gasteiger partial charge in [0.15, 0.2) is 0 Å². The lowest BCUT2D eigenvalue weighted by molar-refractivity contribution is 0.0536. The number of rotatable bonds is 3. The number of ether oxygens (including phenoxy) is 1. The molecule has 0 aliphatic rings. The molecule has 0 unspecified atom stereocenters. The maximum Gasteiger partial charge on any atom is 0.384 e. The van der Waals surface area contributed by atoms with E-state index in [2.05, 4.69) is 11.6 Å². The Balaban J connectivity index is 3.24. The summed E-state index contributed by atoms with van der Waals surface area (Å²) in [7, 11) is 1.48. The van der Waals surface area contributed by atoms with Crippen molar-refractivity contribution in [3.05, 3.63) is 28.8 Å². The summed E-state index contributed by atoms with van der Waals surface area (Å²) < 4.78 is 30.3. The first-order valence-corrected chi connectivity index (χ1v) is 4.92. The van der Waals surface area contributed by atoms with Crippen LogP contribution in [0.15, 0.2) is 12.1 Å². The lowest BCUT2D eigenvalue weighted by atomic mass is 10.0. The molecule has 0 saturated heterocycles. The summed E-state index contributed by atoms with van der Waals surface area (Å²) >= 11 is 4.68. The highest BCUT2D eigenvalue weighted by molar-refractivity contribution is 6.35. The zero-order valence-electron chi connectivity index (χ0n) is 9.11. The maximum atomic E-state index is 12.6. The number of hydrogen-bond donors (Lipinski definition) is 0. The normalized spacial score (nSPS) is 11.4. The van der Waals surface area contributed by atoms with Gasteiger partial charge in [-0.25, -0.2) is 0 Å². The molecule has 0 radical (unpaired) electrons. The van der Waals surface area contributed by atoms with Crippen LogP contribution in [0.25, 0.3) is 0 Å². The first kappa shape index (κ1) is 12.9. The fraction of sp³-hybridized carbons (Fsp3) is 0.364. The average Bonchev–Trinajstić information content (AvgIpc) is 2.14. The van der Waals surface area contributed by atoms with Crippen LogP contribution in [0, 0.1) is 13.8 Å². The standard InChI is InChI=1S/C11H11ClF2O2/c1-6-4-8(10(15)11(12,13)14)5-7(2)9(6)16-3/h4-5H,1-3H3. The van der Waals surface area contributed by atoms with Crippen molar-refractivity contribution in [3.8, 4) is 5.75 Å². The highest BCUT2D eigenvalue weighted by Crippen LogP contribution is 2.29. The number of aryl methyl sites for hydroxylation is 2. The number of benzene rings is 1. The monoisotopic (exact) mass is 248 g/mol. The van der Waals surface area contributed by atoms with E-state index in [9.17, 15) is 13.6 Å². The highest BCUT2D eigenvalue weighted by Gasteiger charge is 2.36. The molecule has 0 spiro atoms. The van der Waals surface area contributed by atoms with Gasteiger partial charge in [-0.2, -0.15) is 8.78 Å². The fourth-order valence-electron chi connectivity index (χ4n) is 1.57. The number of hydrogen-bond acceptors (Lipinski definition) is 2. The van der Waals surface area contributed by atoms with Crippen molar-refractivity contribution < 1.29 is 18.3 Å². The lowest BCUT2D eigenvalue weighted by Gasteiger charge is -2.12. The topological polar surface area (TPSA) is 26.3 Å². The van der Waals surface area contributed by atoms with Gasteiger partial charge in [-0.05, 0) is 48.7 Å². The molecular weight excluding hydrogens is 238 g/mol. The van der Waals surface area contributed by atoms with Crippen LogP contribution in [0.3, 0.4) is 0 Å². The van der Waals surface area contributed by atoms with Gasteiger partial charge >= 0.3 is 5.38 Å². The molecule has 88 valence electrons. The number of alkyl halides is 3. The molecule has 16 heavy (non-hydrogen) atoms. The molecule has 2 nitrogen and oxygen atoms in total. The maximum absolute atomic E-state index is 12.6. The molecule has 0 amide bonds. The summed E-state index contributed by atoms with van der Waals surface area (Å²) in [6, 6.07) is 2.68. The Morgan fingerprint density at radius 2 is 1.75 bits per heavy atom. The molecule has 0 aliphatic carbocycles. The Morgan fingerprint density at radius 3 is 2.06 bits per heavy atom. The first-order valence-electron chi connectivity index (χ1n) is 4.54. The summed E-state index contributed by atoms with van der Waals surface area (Å²) in [5.74, 6) is -0.822. The van der Waals surface area contributed by atoms with Crippen LogP contribution in [-0.4, -0.2) is 18.3 Å². The Kier molecular flexibility index (Phi) is 3.53. The number of carbonyl (C=O) groups excluding carboxylic acids is 1. The first-order chi connectivity index (χ1) is 7.27. The smallest absolute Gasteiger partial charge is 0.384 e. The van der Waals surface area contributed by atoms with E-state index in [0.717, 1.165) is 0 Å². The van der Waals surface area contributed by atoms with Crippen LogP contribution >= 0.6 is 11.6 Å². The molecule has 0 heterocycles. The third-order valence-corrected chi connectivity index (χ3v) is 2.36. The summed E-state index contributed by atoms with van der Waals surface area (Å²) in [4.78, 5) is 11.2. The van der Waals surface area contributed by atoms with Gasteiger partial charge in [-0.3, -0.25) is 4.79 Å². The van der Waals surface area contributed by atoms with Gasteiger partial charge in [0.2, 0.25) is 5.78 Å². The molecule has 0 N–H and O–H groups in total. The lowest BCUT2D eigenvalue weighted by Crippen LogP contribution is -2.21. The second-order valence-electron chi connectivity index (χ2n) is 3.47. The van der Waals surface area contributed by atoms with Crippen LogP contribution in [0.1, 0.15) is 21.5 Å². The van der Waals surface area contributed by atoms with Gasteiger partial charge < -0.3 is 4.74 Å². The van der Waals surface area contributed by atoms with Gasteiger partial charge in [-0.1, -0.05) is 0 Å². The van der Waals surface area contributed by atoms with Crippen molar-refractivity contribution in [2.75, 3.05) is 7.11 Å². The minimum atomic E-state index is -3.87. The van der Waals surface area contributed by atoms with Crippen molar-refractivity contribution in [1.82, 2.24) is 0 Å². The van der Waals surface area contributed by atoms with E-state index in [4.69, 9.17) is 4.74 Å². The molecule has 1 aromatic rings. The molecule has 0 bridgehead atoms. The molecule has 0 aromatic heterocycles. The van der Waals surface area contributed by atoms with Crippen molar-refractivity contribution in [3.63, 3.8) is 0 Å². The Hall–Kier alpha value is -1.16. The van der Waals surface area contributed by atoms with Gasteiger partial charge in [0.1, 0.15) is 5.75 Å². The summed E-state index contributed by atoms with van der Waals surface area (Å²) in [5.41, 5.74) is 1.12. The number of ketones is 1.